The van der Waals surface area contributed by atoms with Crippen LogP contribution in [0.25, 0.3) is 11.5 Å². The fourth-order valence-corrected chi connectivity index (χ4v) is 2.95. The monoisotopic (exact) mass is 389 g/mol. The second kappa shape index (κ2) is 8.10. The Morgan fingerprint density at radius 1 is 1.07 bits per heavy atom. The van der Waals surface area contributed by atoms with E-state index in [1.54, 1.807) is 19.1 Å². The molecule has 146 valence electrons. The van der Waals surface area contributed by atoms with Crippen LogP contribution in [0.15, 0.2) is 70.2 Å². The Hall–Kier alpha value is -3.74. The van der Waals surface area contributed by atoms with Gasteiger partial charge in [0.25, 0.3) is 0 Å². The molecule has 2 aromatic carbocycles. The second-order valence-electron chi connectivity index (χ2n) is 6.55. The maximum atomic E-state index is 12.5. The van der Waals surface area contributed by atoms with Crippen molar-refractivity contribution in [3.63, 3.8) is 0 Å². The lowest BCUT2D eigenvalue weighted by molar-refractivity contribution is -0.137. The van der Waals surface area contributed by atoms with E-state index in [9.17, 15) is 9.59 Å². The Labute approximate surface area is 167 Å². The minimum Gasteiger partial charge on any atom is -0.455 e. The summed E-state index contributed by atoms with van der Waals surface area (Å²) in [6.45, 7) is 1.75. The predicted octanol–water partition coefficient (Wildman–Crippen LogP) is 3.88. The van der Waals surface area contributed by atoms with Crippen LogP contribution in [0.2, 0.25) is 0 Å². The second-order valence-corrected chi connectivity index (χ2v) is 6.55. The Bertz CT molecular complexity index is 1060. The van der Waals surface area contributed by atoms with Crippen LogP contribution in [0.1, 0.15) is 24.3 Å². The number of esters is 1. The lowest BCUT2D eigenvalue weighted by atomic mass is 10.1. The first kappa shape index (κ1) is 18.6. The van der Waals surface area contributed by atoms with E-state index in [0.29, 0.717) is 23.0 Å². The molecule has 29 heavy (non-hydrogen) atoms. The van der Waals surface area contributed by atoms with E-state index in [2.05, 4.69) is 10.1 Å². The van der Waals surface area contributed by atoms with Gasteiger partial charge in [0.1, 0.15) is 23.8 Å². The molecule has 0 fully saturated rings. The largest absolute Gasteiger partial charge is 0.455 e. The van der Waals surface area contributed by atoms with Crippen molar-refractivity contribution in [3.05, 3.63) is 72.1 Å². The fraction of sp³-hybridized carbons (Fsp3) is 0.182. The highest BCUT2D eigenvalue weighted by molar-refractivity contribution is 6.37. The van der Waals surface area contributed by atoms with E-state index in [1.165, 1.54) is 5.01 Å². The number of hydrogen-bond donors (Lipinski definition) is 0. The van der Waals surface area contributed by atoms with Gasteiger partial charge in [-0.1, -0.05) is 36.4 Å². The van der Waals surface area contributed by atoms with Crippen molar-refractivity contribution in [2.24, 2.45) is 5.10 Å². The molecule has 0 saturated carbocycles. The molecule has 4 rings (SSSR count). The molecule has 7 nitrogen and oxygen atoms in total. The van der Waals surface area contributed by atoms with Gasteiger partial charge in [-0.05, 0) is 31.2 Å². The molecule has 3 aromatic rings. The third-order valence-corrected chi connectivity index (χ3v) is 4.52. The van der Waals surface area contributed by atoms with Gasteiger partial charge in [0.15, 0.2) is 0 Å². The summed E-state index contributed by atoms with van der Waals surface area (Å²) in [6, 6.07) is 18.5. The van der Waals surface area contributed by atoms with Crippen LogP contribution in [-0.4, -0.2) is 22.6 Å². The highest BCUT2D eigenvalue weighted by Crippen LogP contribution is 2.23. The Morgan fingerprint density at radius 3 is 2.48 bits per heavy atom. The summed E-state index contributed by atoms with van der Waals surface area (Å²) >= 11 is 0. The van der Waals surface area contributed by atoms with Crippen LogP contribution in [0, 0.1) is 6.92 Å². The number of benzene rings is 2. The van der Waals surface area contributed by atoms with Crippen molar-refractivity contribution in [1.29, 1.82) is 0 Å². The van der Waals surface area contributed by atoms with Gasteiger partial charge in [-0.2, -0.15) is 5.10 Å². The molecule has 1 amide bonds. The molecular weight excluding hydrogens is 370 g/mol. The highest BCUT2D eigenvalue weighted by Gasteiger charge is 2.26. The summed E-state index contributed by atoms with van der Waals surface area (Å²) in [5.74, 6) is 0.336. The molecule has 0 aliphatic carbocycles. The molecule has 1 aliphatic heterocycles. The first-order valence-electron chi connectivity index (χ1n) is 9.26. The van der Waals surface area contributed by atoms with E-state index in [0.717, 1.165) is 5.56 Å². The van der Waals surface area contributed by atoms with E-state index in [-0.39, 0.29) is 31.1 Å². The average Bonchev–Trinajstić information content (AvgIpc) is 3.14. The number of anilines is 1. The zero-order chi connectivity index (χ0) is 20.2. The molecule has 1 aromatic heterocycles. The third-order valence-electron chi connectivity index (χ3n) is 4.52. The number of carbonyl (C=O) groups is 2. The van der Waals surface area contributed by atoms with Gasteiger partial charge in [-0.15, -0.1) is 0 Å². The number of aryl methyl sites for hydroxylation is 1. The van der Waals surface area contributed by atoms with E-state index in [4.69, 9.17) is 9.15 Å². The van der Waals surface area contributed by atoms with Gasteiger partial charge in [-0.3, -0.25) is 4.79 Å². The summed E-state index contributed by atoms with van der Waals surface area (Å²) in [4.78, 5) is 29.1. The minimum atomic E-state index is -0.568. The summed E-state index contributed by atoms with van der Waals surface area (Å²) in [5.41, 5.74) is 2.21. The number of rotatable bonds is 5. The van der Waals surface area contributed by atoms with E-state index >= 15 is 0 Å². The van der Waals surface area contributed by atoms with Crippen molar-refractivity contribution in [2.45, 2.75) is 26.4 Å². The number of ether oxygens (including phenoxy) is 1. The van der Waals surface area contributed by atoms with Crippen LogP contribution in [0.3, 0.4) is 0 Å². The smallest absolute Gasteiger partial charge is 0.354 e. The molecule has 0 spiro atoms. The zero-order valence-electron chi connectivity index (χ0n) is 15.9. The molecule has 0 saturated heterocycles. The summed E-state index contributed by atoms with van der Waals surface area (Å²) in [5, 5.41) is 5.45. The predicted molar refractivity (Wildman–Crippen MR) is 107 cm³/mol. The van der Waals surface area contributed by atoms with Crippen LogP contribution in [0.5, 0.6) is 0 Å². The Kier molecular flexibility index (Phi) is 5.20. The maximum Gasteiger partial charge on any atom is 0.354 e. The van der Waals surface area contributed by atoms with Gasteiger partial charge >= 0.3 is 5.97 Å². The van der Waals surface area contributed by atoms with E-state index < -0.39 is 5.97 Å². The first-order chi connectivity index (χ1) is 14.1. The van der Waals surface area contributed by atoms with Crippen molar-refractivity contribution < 1.29 is 18.7 Å². The lowest BCUT2D eigenvalue weighted by Crippen LogP contribution is -2.34. The molecular formula is C22H19N3O4. The molecule has 7 heteroatoms. The number of carbonyl (C=O) groups excluding carboxylic acids is 2. The van der Waals surface area contributed by atoms with Gasteiger partial charge in [0.05, 0.1) is 5.69 Å². The quantitative estimate of drug-likeness (QED) is 0.618. The van der Waals surface area contributed by atoms with Gasteiger partial charge in [0, 0.05) is 18.4 Å². The minimum absolute atomic E-state index is 0.0285. The Morgan fingerprint density at radius 2 is 1.76 bits per heavy atom. The molecule has 0 atom stereocenters. The molecule has 0 N–H and O–H groups in total. The molecule has 0 radical (unpaired) electrons. The van der Waals surface area contributed by atoms with Crippen molar-refractivity contribution in [3.8, 4) is 11.5 Å². The standard InChI is InChI=1S/C22H19N3O4/c1-15-19(23-21(29-15)16-8-4-2-5-9-16)14-28-22(27)18-12-13-20(26)25(24-18)17-10-6-3-7-11-17/h2-11H,12-14H2,1H3. The summed E-state index contributed by atoms with van der Waals surface area (Å²) in [6.07, 6.45) is 0.442. The topological polar surface area (TPSA) is 85.0 Å². The average molecular weight is 389 g/mol. The number of hydrogen-bond acceptors (Lipinski definition) is 6. The number of hydrazone groups is 1. The molecule has 1 aliphatic rings. The van der Waals surface area contributed by atoms with E-state index in [1.807, 2.05) is 48.5 Å². The SMILES string of the molecule is Cc1oc(-c2ccccc2)nc1COC(=O)C1=NN(c2ccccc2)C(=O)CC1. The molecule has 0 bridgehead atoms. The van der Waals surface area contributed by atoms with Crippen LogP contribution >= 0.6 is 0 Å². The Balaban J connectivity index is 1.46. The van der Waals surface area contributed by atoms with Gasteiger partial charge in [-0.25, -0.2) is 14.8 Å². The van der Waals surface area contributed by atoms with Gasteiger partial charge in [0.2, 0.25) is 11.8 Å². The van der Waals surface area contributed by atoms with Crippen LogP contribution in [0.4, 0.5) is 5.69 Å². The lowest BCUT2D eigenvalue weighted by Gasteiger charge is -2.22. The fourth-order valence-electron chi connectivity index (χ4n) is 2.95. The first-order valence-corrected chi connectivity index (χ1v) is 9.26. The third kappa shape index (κ3) is 4.08. The van der Waals surface area contributed by atoms with Crippen molar-refractivity contribution >= 4 is 23.3 Å². The normalized spacial score (nSPS) is 13.9. The van der Waals surface area contributed by atoms with Crippen molar-refractivity contribution in [2.75, 3.05) is 5.01 Å². The van der Waals surface area contributed by atoms with Crippen LogP contribution in [-0.2, 0) is 20.9 Å². The number of nitrogens with zero attached hydrogens (tertiary/aromatic N) is 3. The van der Waals surface area contributed by atoms with Crippen molar-refractivity contribution in [1.82, 2.24) is 4.98 Å². The maximum absolute atomic E-state index is 12.5. The zero-order valence-corrected chi connectivity index (χ0v) is 15.9. The number of para-hydroxylation sites is 1. The van der Waals surface area contributed by atoms with Crippen LogP contribution < -0.4 is 5.01 Å². The number of aromatic nitrogens is 1. The molecule has 2 heterocycles. The highest BCUT2D eigenvalue weighted by atomic mass is 16.5. The number of amides is 1. The van der Waals surface area contributed by atoms with Gasteiger partial charge < -0.3 is 9.15 Å². The number of oxazole rings is 1. The summed E-state index contributed by atoms with van der Waals surface area (Å²) < 4.78 is 11.1. The summed E-state index contributed by atoms with van der Waals surface area (Å²) in [7, 11) is 0. The molecule has 0 unspecified atom stereocenters.